The highest BCUT2D eigenvalue weighted by atomic mass is 35.5. The van der Waals surface area contributed by atoms with Crippen molar-refractivity contribution >= 4 is 46.4 Å². The minimum atomic E-state index is -2.76. The highest BCUT2D eigenvalue weighted by molar-refractivity contribution is 6.28. The fourth-order valence-electron chi connectivity index (χ4n) is 9.12. The van der Waals surface area contributed by atoms with Crippen LogP contribution in [0, 0.1) is 11.6 Å². The van der Waals surface area contributed by atoms with Crippen LogP contribution < -0.4 is 19.6 Å². The number of benzene rings is 2. The predicted octanol–water partition coefficient (Wildman–Crippen LogP) is 9.31. The summed E-state index contributed by atoms with van der Waals surface area (Å²) in [6.07, 6.45) is 10.3. The maximum atomic E-state index is 14.1. The Labute approximate surface area is 387 Å². The number of hydrogen-bond acceptors (Lipinski definition) is 10. The summed E-state index contributed by atoms with van der Waals surface area (Å²) in [7, 11) is 3.29. The van der Waals surface area contributed by atoms with E-state index >= 15 is 0 Å². The van der Waals surface area contributed by atoms with E-state index in [2.05, 4.69) is 29.9 Å². The Kier molecular flexibility index (Phi) is 13.3. The van der Waals surface area contributed by atoms with Crippen LogP contribution in [0.3, 0.4) is 0 Å². The van der Waals surface area contributed by atoms with E-state index in [9.17, 15) is 35.9 Å². The molecule has 2 unspecified atom stereocenters. The van der Waals surface area contributed by atoms with Crippen LogP contribution in [0.25, 0.3) is 28.7 Å². The number of aromatic amines is 1. The molecule has 1 N–H and O–H groups in total. The van der Waals surface area contributed by atoms with Gasteiger partial charge in [0, 0.05) is 87.8 Å². The first-order valence-electron chi connectivity index (χ1n) is 21.8. The number of alkyl halides is 4. The van der Waals surface area contributed by atoms with Crippen molar-refractivity contribution in [3.63, 3.8) is 0 Å². The van der Waals surface area contributed by atoms with Gasteiger partial charge in [0.05, 0.1) is 12.4 Å². The zero-order chi connectivity index (χ0) is 47.8. The normalized spacial score (nSPS) is 21.6. The van der Waals surface area contributed by atoms with Crippen LogP contribution in [0.5, 0.6) is 0 Å². The van der Waals surface area contributed by atoms with Crippen molar-refractivity contribution in [3.05, 3.63) is 103 Å². The van der Waals surface area contributed by atoms with Gasteiger partial charge in [-0.1, -0.05) is 13.8 Å². The second kappa shape index (κ2) is 19.0. The predicted molar refractivity (Wildman–Crippen MR) is 241 cm³/mol. The number of nitrogens with one attached hydrogen (secondary N) is 1. The van der Waals surface area contributed by atoms with Gasteiger partial charge in [0.1, 0.15) is 46.7 Å². The zero-order valence-electron chi connectivity index (χ0n) is 36.9. The van der Waals surface area contributed by atoms with E-state index in [0.29, 0.717) is 53.7 Å². The van der Waals surface area contributed by atoms with Crippen LogP contribution in [-0.2, 0) is 9.59 Å². The lowest BCUT2D eigenvalue weighted by Gasteiger charge is -2.43. The van der Waals surface area contributed by atoms with Gasteiger partial charge in [-0.3, -0.25) is 14.2 Å². The van der Waals surface area contributed by atoms with Gasteiger partial charge in [0.25, 0.3) is 0 Å². The molecule has 6 aromatic rings. The van der Waals surface area contributed by atoms with Crippen LogP contribution in [0.1, 0.15) is 65.2 Å². The number of imidazole rings is 2. The average Bonchev–Trinajstić information content (AvgIpc) is 4.15. The third kappa shape index (κ3) is 9.66. The Hall–Kier alpha value is -6.57. The van der Waals surface area contributed by atoms with E-state index in [1.54, 1.807) is 77.5 Å². The number of fused-ring (bicyclic) bond motifs is 2. The Morgan fingerprint density at radius 2 is 1.19 bits per heavy atom. The van der Waals surface area contributed by atoms with Gasteiger partial charge in [0.15, 0.2) is 11.6 Å². The van der Waals surface area contributed by atoms with E-state index in [-0.39, 0.29) is 66.8 Å². The monoisotopic (exact) mass is 948 g/mol. The molecular formula is C46H47ClF6N12O2. The van der Waals surface area contributed by atoms with Crippen molar-refractivity contribution in [3.8, 4) is 28.7 Å². The molecule has 0 bridgehead atoms. The molecule has 0 saturated heterocycles. The van der Waals surface area contributed by atoms with Crippen LogP contribution in [0.15, 0.2) is 85.7 Å². The number of carbonyl (C=O) groups is 2. The molecular weight excluding hydrogens is 902 g/mol. The molecule has 2 aromatic carbocycles. The highest BCUT2D eigenvalue weighted by Crippen LogP contribution is 2.46. The van der Waals surface area contributed by atoms with Crippen LogP contribution >= 0.6 is 11.6 Å². The Morgan fingerprint density at radius 3 is 1.67 bits per heavy atom. The number of anilines is 4. The fraction of sp³-hybridized carbons (Fsp3) is 0.391. The molecule has 6 heterocycles. The number of aromatic nitrogens is 8. The molecule has 0 radical (unpaired) electrons. The van der Waals surface area contributed by atoms with E-state index in [4.69, 9.17) is 16.6 Å². The van der Waals surface area contributed by atoms with Gasteiger partial charge in [-0.2, -0.15) is 9.97 Å². The molecule has 4 aliphatic rings. The minimum absolute atomic E-state index is 0.0473. The average molecular weight is 949 g/mol. The topological polar surface area (TPSA) is 145 Å². The van der Waals surface area contributed by atoms with Gasteiger partial charge in [0.2, 0.25) is 34.9 Å². The van der Waals surface area contributed by atoms with Gasteiger partial charge >= 0.3 is 0 Å². The Balaban J connectivity index is 0.000000153. The largest absolute Gasteiger partial charge is 0.345 e. The molecule has 21 heteroatoms. The quantitative estimate of drug-likeness (QED) is 0.121. The maximum absolute atomic E-state index is 14.1. The number of amides is 2. The number of carbonyl (C=O) groups excluding carboxylic acids is 2. The molecule has 4 aromatic heterocycles. The van der Waals surface area contributed by atoms with Crippen molar-refractivity contribution in [2.24, 2.45) is 0 Å². The van der Waals surface area contributed by atoms with E-state index in [1.807, 2.05) is 13.8 Å². The number of rotatable bonds is 7. The lowest BCUT2D eigenvalue weighted by atomic mass is 10.0. The minimum Gasteiger partial charge on any atom is -0.345 e. The summed E-state index contributed by atoms with van der Waals surface area (Å²) in [4.78, 5) is 60.6. The smallest absolute Gasteiger partial charge is 0.250 e. The van der Waals surface area contributed by atoms with Gasteiger partial charge in [-0.25, -0.2) is 46.3 Å². The molecule has 2 saturated carbocycles. The third-order valence-corrected chi connectivity index (χ3v) is 12.6. The first-order chi connectivity index (χ1) is 32.0. The second-order valence-electron chi connectivity index (χ2n) is 16.8. The molecule has 67 heavy (non-hydrogen) atoms. The summed E-state index contributed by atoms with van der Waals surface area (Å²) in [5, 5.41) is 0.0473. The summed E-state index contributed by atoms with van der Waals surface area (Å²) in [6, 6.07) is 10.1. The lowest BCUT2D eigenvalue weighted by Crippen LogP contribution is -2.56. The molecule has 2 fully saturated rings. The number of likely N-dealkylation sites (N-methyl/N-ethyl adjacent to an activating group) is 2. The van der Waals surface area contributed by atoms with Crippen LogP contribution in [0.4, 0.5) is 49.4 Å². The molecule has 352 valence electrons. The molecule has 2 aliphatic heterocycles. The molecule has 4 atom stereocenters. The van der Waals surface area contributed by atoms with Gasteiger partial charge < -0.3 is 24.6 Å². The maximum Gasteiger partial charge on any atom is 0.250 e. The number of halogens is 7. The van der Waals surface area contributed by atoms with Crippen molar-refractivity contribution in [1.29, 1.82) is 0 Å². The summed E-state index contributed by atoms with van der Waals surface area (Å²) < 4.78 is 83.0. The first kappa shape index (κ1) is 46.9. The zero-order valence-corrected chi connectivity index (χ0v) is 37.7. The van der Waals surface area contributed by atoms with Crippen LogP contribution in [-0.4, -0.2) is 101 Å². The van der Waals surface area contributed by atoms with Crippen molar-refractivity contribution < 1.29 is 35.9 Å². The van der Waals surface area contributed by atoms with E-state index in [1.165, 1.54) is 46.5 Å². The summed E-state index contributed by atoms with van der Waals surface area (Å²) in [5.41, 5.74) is 2.55. The van der Waals surface area contributed by atoms with Crippen molar-refractivity contribution in [1.82, 2.24) is 39.5 Å². The number of hydrogen-bond donors (Lipinski definition) is 1. The standard InChI is InChI=1S/C23H23F3N6O.C14H17ClF2N4O.C9H7FN2/c1-3-17-21(33)30(2)18-13-28-22(29-20(18)32(17)16-8-9-23(25,26)12-16)31-11-10-27-19(31)14-4-6-15(24)7-5-14;1-3-9-12(22)20(2)10-7-18-13(15)19-11(10)21(9)8-4-5-14(16,17)6-8;10-8-3-1-7(2-4-8)9-11-5-6-12-9/h4-7,10-11,13,16-17H,3,8-9,12H2,1-2H3;7-9H,3-6H2,1-2H3;1-6H,(H,11,12)/t16?,17-;8?,9-;/m11./s1. The molecule has 14 nitrogen and oxygen atoms in total. The van der Waals surface area contributed by atoms with E-state index < -0.39 is 36.0 Å². The lowest BCUT2D eigenvalue weighted by molar-refractivity contribution is -0.121. The number of H-pyrrole nitrogens is 1. The fourth-order valence-corrected chi connectivity index (χ4v) is 9.25. The Bertz CT molecular complexity index is 2710. The summed E-state index contributed by atoms with van der Waals surface area (Å²) in [6.45, 7) is 3.73. The van der Waals surface area contributed by atoms with Gasteiger partial charge in [-0.15, -0.1) is 0 Å². The first-order valence-corrected chi connectivity index (χ1v) is 22.2. The SMILES string of the molecule is CC[C@@H]1C(=O)N(C)c2cnc(-n3ccnc3-c3ccc(F)cc3)nc2N1C1CCC(F)(F)C1.CC[C@@H]1C(=O)N(C)c2cnc(Cl)nc2N1C1CCC(F)(F)C1.Fc1ccc(-c2ncc[nH]2)cc1. The van der Waals surface area contributed by atoms with Crippen molar-refractivity contribution in [2.45, 2.75) is 101 Å². The third-order valence-electron chi connectivity index (χ3n) is 12.5. The molecule has 10 rings (SSSR count). The van der Waals surface area contributed by atoms with E-state index in [0.717, 1.165) is 11.4 Å². The van der Waals surface area contributed by atoms with Crippen molar-refractivity contribution in [2.75, 3.05) is 33.7 Å². The Morgan fingerprint density at radius 1 is 0.687 bits per heavy atom. The summed E-state index contributed by atoms with van der Waals surface area (Å²) in [5.74, 6) is -3.84. The van der Waals surface area contributed by atoms with Crippen LogP contribution in [0.2, 0.25) is 5.28 Å². The second-order valence-corrected chi connectivity index (χ2v) is 17.1. The van der Waals surface area contributed by atoms with Gasteiger partial charge in [-0.05, 0) is 85.8 Å². The molecule has 0 spiro atoms. The summed E-state index contributed by atoms with van der Waals surface area (Å²) >= 11 is 5.88. The highest BCUT2D eigenvalue weighted by Gasteiger charge is 2.49. The molecule has 2 amide bonds. The molecule has 2 aliphatic carbocycles. The number of nitrogens with zero attached hydrogens (tertiary/aromatic N) is 11.